The monoisotopic (exact) mass is 350 g/mol. The van der Waals surface area contributed by atoms with Gasteiger partial charge in [-0.3, -0.25) is 4.79 Å². The van der Waals surface area contributed by atoms with E-state index in [2.05, 4.69) is 17.9 Å². The first kappa shape index (κ1) is 17.9. The number of ketones is 1. The van der Waals surface area contributed by atoms with Gasteiger partial charge in [0.1, 0.15) is 17.2 Å². The number of carboxylic acids is 1. The highest BCUT2D eigenvalue weighted by molar-refractivity contribution is 7.80. The van der Waals surface area contributed by atoms with E-state index >= 15 is 0 Å². The molecule has 0 saturated carbocycles. The summed E-state index contributed by atoms with van der Waals surface area (Å²) in [4.78, 5) is 37.2. The maximum absolute atomic E-state index is 12.2. The highest BCUT2D eigenvalue weighted by Crippen LogP contribution is 2.29. The Labute approximate surface area is 143 Å². The lowest BCUT2D eigenvalue weighted by Crippen LogP contribution is -2.32. The first-order valence-corrected chi connectivity index (χ1v) is 7.78. The molecule has 0 fully saturated rings. The molecular weight excluding hydrogens is 332 g/mol. The van der Waals surface area contributed by atoms with Crippen molar-refractivity contribution in [3.63, 3.8) is 0 Å². The number of carboxylic acid groups (broad SMARTS) is 1. The van der Waals surface area contributed by atoms with Crippen LogP contribution < -0.4 is 15.8 Å². The van der Waals surface area contributed by atoms with Crippen LogP contribution in [0.5, 0.6) is 0 Å². The van der Waals surface area contributed by atoms with Crippen LogP contribution in [0, 0.1) is 0 Å². The molecule has 0 aliphatic heterocycles. The minimum atomic E-state index is -1.13. The molecule has 0 radical (unpaired) electrons. The second-order valence-electron chi connectivity index (χ2n) is 5.49. The fourth-order valence-corrected chi connectivity index (χ4v) is 2.54. The molecule has 0 saturated heterocycles. The van der Waals surface area contributed by atoms with E-state index in [0.29, 0.717) is 5.39 Å². The van der Waals surface area contributed by atoms with E-state index in [-0.39, 0.29) is 22.6 Å². The summed E-state index contributed by atoms with van der Waals surface area (Å²) in [5.74, 6) is -1.65. The highest BCUT2D eigenvalue weighted by atomic mass is 32.1. The lowest BCUT2D eigenvalue weighted by Gasteiger charge is -2.18. The molecule has 1 heterocycles. The maximum atomic E-state index is 12.2. The van der Waals surface area contributed by atoms with E-state index in [1.807, 2.05) is 19.0 Å². The van der Waals surface area contributed by atoms with Gasteiger partial charge in [-0.05, 0) is 19.1 Å². The van der Waals surface area contributed by atoms with Crippen molar-refractivity contribution in [3.8, 4) is 0 Å². The predicted octanol–water partition coefficient (Wildman–Crippen LogP) is 1.86. The van der Waals surface area contributed by atoms with Crippen LogP contribution in [0.3, 0.4) is 0 Å². The SMILES string of the molecule is CC(=O)c1c(N[C@H](CS)C(=O)O)c2ccc(N(C)C)cc2oc1=O. The van der Waals surface area contributed by atoms with Crippen molar-refractivity contribution in [1.82, 2.24) is 0 Å². The van der Waals surface area contributed by atoms with Crippen molar-refractivity contribution < 1.29 is 19.1 Å². The van der Waals surface area contributed by atoms with Gasteiger partial charge in [-0.15, -0.1) is 0 Å². The van der Waals surface area contributed by atoms with Crippen LogP contribution in [0.4, 0.5) is 11.4 Å². The molecule has 0 unspecified atom stereocenters. The Kier molecular flexibility index (Phi) is 5.18. The first-order valence-electron chi connectivity index (χ1n) is 7.15. The molecule has 7 nitrogen and oxygen atoms in total. The Morgan fingerprint density at radius 2 is 2.04 bits per heavy atom. The van der Waals surface area contributed by atoms with Crippen LogP contribution in [0.15, 0.2) is 27.4 Å². The standard InChI is InChI=1S/C16H18N2O5S/c1-8(19)13-14(17-11(7-24)15(20)21)10-5-4-9(18(2)3)6-12(10)23-16(13)22/h4-6,11,17,24H,7H2,1-3H3,(H,20,21)/t11-/m1/s1. The van der Waals surface area contributed by atoms with Gasteiger partial charge in [0, 0.05) is 37.0 Å². The van der Waals surface area contributed by atoms with Crippen molar-refractivity contribution in [2.75, 3.05) is 30.1 Å². The van der Waals surface area contributed by atoms with Gasteiger partial charge >= 0.3 is 11.6 Å². The summed E-state index contributed by atoms with van der Waals surface area (Å²) in [7, 11) is 3.67. The van der Waals surface area contributed by atoms with Crippen molar-refractivity contribution in [1.29, 1.82) is 0 Å². The number of rotatable bonds is 6. The summed E-state index contributed by atoms with van der Waals surface area (Å²) >= 11 is 4.00. The second-order valence-corrected chi connectivity index (χ2v) is 5.85. The molecule has 0 aliphatic carbocycles. The van der Waals surface area contributed by atoms with Crippen LogP contribution in [-0.2, 0) is 4.79 Å². The first-order chi connectivity index (χ1) is 11.3. The topological polar surface area (TPSA) is 99.8 Å². The van der Waals surface area contributed by atoms with Crippen LogP contribution in [-0.4, -0.2) is 42.7 Å². The number of aliphatic carboxylic acids is 1. The maximum Gasteiger partial charge on any atom is 0.349 e. The molecule has 1 aromatic heterocycles. The fourth-order valence-electron chi connectivity index (χ4n) is 2.30. The third-order valence-electron chi connectivity index (χ3n) is 3.56. The van der Waals surface area contributed by atoms with E-state index < -0.39 is 23.4 Å². The van der Waals surface area contributed by atoms with Gasteiger partial charge in [0.15, 0.2) is 5.78 Å². The molecular formula is C16H18N2O5S. The molecule has 0 aliphatic rings. The molecule has 1 atom stereocenters. The van der Waals surface area contributed by atoms with Gasteiger partial charge in [-0.2, -0.15) is 12.6 Å². The van der Waals surface area contributed by atoms with Gasteiger partial charge in [0.05, 0.1) is 5.69 Å². The minimum absolute atomic E-state index is 0.00974. The average Bonchev–Trinajstić information content (AvgIpc) is 2.50. The van der Waals surface area contributed by atoms with Crippen molar-refractivity contribution in [2.45, 2.75) is 13.0 Å². The predicted molar refractivity (Wildman–Crippen MR) is 95.7 cm³/mol. The lowest BCUT2D eigenvalue weighted by molar-refractivity contribution is -0.137. The van der Waals surface area contributed by atoms with E-state index in [0.717, 1.165) is 5.69 Å². The number of fused-ring (bicyclic) bond motifs is 1. The zero-order valence-electron chi connectivity index (χ0n) is 13.5. The number of Topliss-reactive ketones (excluding diaryl/α,β-unsaturated/α-hetero) is 1. The van der Waals surface area contributed by atoms with E-state index in [9.17, 15) is 19.5 Å². The smallest absolute Gasteiger partial charge is 0.349 e. The summed E-state index contributed by atoms with van der Waals surface area (Å²) in [5, 5.41) is 12.4. The van der Waals surface area contributed by atoms with E-state index in [4.69, 9.17) is 4.42 Å². The third-order valence-corrected chi connectivity index (χ3v) is 3.92. The van der Waals surface area contributed by atoms with Crippen LogP contribution in [0.1, 0.15) is 17.3 Å². The van der Waals surface area contributed by atoms with Gasteiger partial charge in [0.2, 0.25) is 0 Å². The Morgan fingerprint density at radius 1 is 1.38 bits per heavy atom. The zero-order valence-corrected chi connectivity index (χ0v) is 14.4. The van der Waals surface area contributed by atoms with Crippen molar-refractivity contribution in [3.05, 3.63) is 34.2 Å². The summed E-state index contributed by atoms with van der Waals surface area (Å²) < 4.78 is 5.25. The number of thiol groups is 1. The highest BCUT2D eigenvalue weighted by Gasteiger charge is 2.23. The molecule has 2 rings (SSSR count). The normalized spacial score (nSPS) is 12.0. The number of carbonyl (C=O) groups is 2. The quantitative estimate of drug-likeness (QED) is 0.415. The molecule has 24 heavy (non-hydrogen) atoms. The third kappa shape index (κ3) is 3.38. The number of benzene rings is 1. The fraction of sp³-hybridized carbons (Fsp3) is 0.312. The number of hydrogen-bond donors (Lipinski definition) is 3. The molecule has 128 valence electrons. The number of hydrogen-bond acceptors (Lipinski definition) is 7. The van der Waals surface area contributed by atoms with Gasteiger partial charge in [-0.1, -0.05) is 0 Å². The average molecular weight is 350 g/mol. The van der Waals surface area contributed by atoms with E-state index in [1.54, 1.807) is 18.2 Å². The lowest BCUT2D eigenvalue weighted by atomic mass is 10.1. The van der Waals surface area contributed by atoms with Crippen molar-refractivity contribution in [2.24, 2.45) is 0 Å². The van der Waals surface area contributed by atoms with Gasteiger partial charge in [0.25, 0.3) is 0 Å². The zero-order chi connectivity index (χ0) is 18.0. The molecule has 0 bridgehead atoms. The molecule has 0 spiro atoms. The Hall–Kier alpha value is -2.48. The summed E-state index contributed by atoms with van der Waals surface area (Å²) in [5.41, 5.74) is 0.212. The van der Waals surface area contributed by atoms with Crippen LogP contribution in [0.2, 0.25) is 0 Å². The second kappa shape index (κ2) is 6.96. The summed E-state index contributed by atoms with van der Waals surface area (Å²) in [6.07, 6.45) is 0. The van der Waals surface area contributed by atoms with Crippen molar-refractivity contribution >= 4 is 46.7 Å². The van der Waals surface area contributed by atoms with Crippen LogP contribution >= 0.6 is 12.6 Å². The van der Waals surface area contributed by atoms with Gasteiger partial charge in [-0.25, -0.2) is 9.59 Å². The number of carbonyl (C=O) groups excluding carboxylic acids is 1. The Morgan fingerprint density at radius 3 is 2.54 bits per heavy atom. The van der Waals surface area contributed by atoms with Gasteiger partial charge < -0.3 is 19.7 Å². The molecule has 0 amide bonds. The minimum Gasteiger partial charge on any atom is -0.480 e. The molecule has 8 heteroatoms. The summed E-state index contributed by atoms with van der Waals surface area (Å²) in [6, 6.07) is 4.07. The number of nitrogens with zero attached hydrogens (tertiary/aromatic N) is 1. The molecule has 2 N–H and O–H groups in total. The molecule has 1 aromatic carbocycles. The summed E-state index contributed by atoms with van der Waals surface area (Å²) in [6.45, 7) is 1.23. The van der Waals surface area contributed by atoms with Crippen LogP contribution in [0.25, 0.3) is 11.0 Å². The Balaban J connectivity index is 2.76. The number of nitrogens with one attached hydrogen (secondary N) is 1. The molecule has 2 aromatic rings. The Bertz CT molecular complexity index is 859. The van der Waals surface area contributed by atoms with E-state index in [1.165, 1.54) is 6.92 Å². The number of anilines is 2. The largest absolute Gasteiger partial charge is 0.480 e.